The standard InChI is InChI=1S/C24H17BrCl2N4O2S/c25-17-9-6-15(7-10-17)23-30-31-24(34-23)29-22(33)20(12-14-4-2-1-3-5-14)28-21(32)16-8-11-18(26)19(27)13-16/h1-11,13,20H,12H2,(H,28,32)(H,29,31,33)/t20-/m0/s1. The average Bonchev–Trinajstić information content (AvgIpc) is 3.30. The highest BCUT2D eigenvalue weighted by atomic mass is 79.9. The molecule has 0 unspecified atom stereocenters. The van der Waals surface area contributed by atoms with E-state index in [4.69, 9.17) is 23.2 Å². The molecule has 0 fully saturated rings. The lowest BCUT2D eigenvalue weighted by atomic mass is 10.0. The summed E-state index contributed by atoms with van der Waals surface area (Å²) in [5.41, 5.74) is 2.08. The number of nitrogens with zero attached hydrogens (tertiary/aromatic N) is 2. The number of nitrogens with one attached hydrogen (secondary N) is 2. The summed E-state index contributed by atoms with van der Waals surface area (Å²) in [6.45, 7) is 0. The van der Waals surface area contributed by atoms with Gasteiger partial charge in [0, 0.05) is 22.0 Å². The molecular formula is C24H17BrCl2N4O2S. The van der Waals surface area contributed by atoms with Gasteiger partial charge in [0.2, 0.25) is 11.0 Å². The minimum atomic E-state index is -0.857. The Kier molecular flexibility index (Phi) is 7.95. The summed E-state index contributed by atoms with van der Waals surface area (Å²) in [5.74, 6) is -0.849. The molecule has 0 saturated heterocycles. The largest absolute Gasteiger partial charge is 0.340 e. The van der Waals surface area contributed by atoms with E-state index in [1.807, 2.05) is 54.6 Å². The topological polar surface area (TPSA) is 84.0 Å². The van der Waals surface area contributed by atoms with Crippen molar-refractivity contribution < 1.29 is 9.59 Å². The van der Waals surface area contributed by atoms with Crippen molar-refractivity contribution in [3.05, 3.63) is 98.4 Å². The van der Waals surface area contributed by atoms with Crippen LogP contribution in [0, 0.1) is 0 Å². The second-order valence-corrected chi connectivity index (χ2v) is 9.96. The van der Waals surface area contributed by atoms with Crippen molar-refractivity contribution in [2.45, 2.75) is 12.5 Å². The molecule has 3 aromatic carbocycles. The zero-order chi connectivity index (χ0) is 24.1. The SMILES string of the molecule is O=C(N[C@@H](Cc1ccccc1)C(=O)Nc1nnc(-c2ccc(Br)cc2)s1)c1ccc(Cl)c(Cl)c1. The molecule has 0 aliphatic heterocycles. The fourth-order valence-corrected chi connectivity index (χ4v) is 4.43. The van der Waals surface area contributed by atoms with E-state index in [9.17, 15) is 9.59 Å². The highest BCUT2D eigenvalue weighted by molar-refractivity contribution is 9.10. The summed E-state index contributed by atoms with van der Waals surface area (Å²) in [6, 6.07) is 20.7. The third-order valence-corrected chi connectivity index (χ3v) is 6.99. The van der Waals surface area contributed by atoms with Crippen LogP contribution < -0.4 is 10.6 Å². The number of carbonyl (C=O) groups is 2. The van der Waals surface area contributed by atoms with Gasteiger partial charge in [0.25, 0.3) is 5.91 Å². The Morgan fingerprint density at radius 2 is 1.68 bits per heavy atom. The molecule has 2 amide bonds. The Balaban J connectivity index is 1.52. The Hall–Kier alpha value is -2.78. The summed E-state index contributed by atoms with van der Waals surface area (Å²) in [6.07, 6.45) is 0.290. The molecule has 1 aromatic heterocycles. The molecule has 4 rings (SSSR count). The maximum absolute atomic E-state index is 13.2. The zero-order valence-corrected chi connectivity index (χ0v) is 21.4. The first kappa shape index (κ1) is 24.3. The Bertz CT molecular complexity index is 1320. The van der Waals surface area contributed by atoms with Crippen LogP contribution in [0.1, 0.15) is 15.9 Å². The van der Waals surface area contributed by atoms with Gasteiger partial charge in [-0.15, -0.1) is 10.2 Å². The quantitative estimate of drug-likeness (QED) is 0.273. The molecule has 0 saturated carbocycles. The normalized spacial score (nSPS) is 11.6. The molecule has 0 spiro atoms. The summed E-state index contributed by atoms with van der Waals surface area (Å²) in [4.78, 5) is 26.0. The molecule has 2 N–H and O–H groups in total. The van der Waals surface area contributed by atoms with Crippen LogP contribution in [-0.4, -0.2) is 28.1 Å². The smallest absolute Gasteiger partial charge is 0.251 e. The first-order chi connectivity index (χ1) is 16.4. The second-order valence-electron chi connectivity index (χ2n) is 7.25. The summed E-state index contributed by atoms with van der Waals surface area (Å²) in [7, 11) is 0. The molecule has 4 aromatic rings. The fourth-order valence-electron chi connectivity index (χ4n) is 3.11. The van der Waals surface area contributed by atoms with Crippen LogP contribution in [0.5, 0.6) is 0 Å². The van der Waals surface area contributed by atoms with Crippen LogP contribution in [0.25, 0.3) is 10.6 Å². The molecule has 0 radical (unpaired) electrons. The number of hydrogen-bond acceptors (Lipinski definition) is 5. The van der Waals surface area contributed by atoms with Crippen molar-refractivity contribution in [3.8, 4) is 10.6 Å². The third-order valence-electron chi connectivity index (χ3n) is 4.83. The van der Waals surface area contributed by atoms with E-state index >= 15 is 0 Å². The maximum Gasteiger partial charge on any atom is 0.251 e. The number of amides is 2. The number of benzene rings is 3. The van der Waals surface area contributed by atoms with E-state index in [2.05, 4.69) is 36.8 Å². The summed E-state index contributed by atoms with van der Waals surface area (Å²) in [5, 5.41) is 15.4. The van der Waals surface area contributed by atoms with E-state index in [0.29, 0.717) is 20.7 Å². The summed E-state index contributed by atoms with van der Waals surface area (Å²) < 4.78 is 0.954. The van der Waals surface area contributed by atoms with Crippen molar-refractivity contribution in [1.29, 1.82) is 0 Å². The monoisotopic (exact) mass is 574 g/mol. The van der Waals surface area contributed by atoms with Crippen LogP contribution in [0.3, 0.4) is 0 Å². The van der Waals surface area contributed by atoms with Gasteiger partial charge in [-0.05, 0) is 35.9 Å². The van der Waals surface area contributed by atoms with Crippen molar-refractivity contribution in [3.63, 3.8) is 0 Å². The molecule has 0 aliphatic carbocycles. The molecule has 10 heteroatoms. The van der Waals surface area contributed by atoms with Crippen LogP contribution in [0.2, 0.25) is 10.0 Å². The average molecular weight is 576 g/mol. The van der Waals surface area contributed by atoms with E-state index < -0.39 is 17.9 Å². The highest BCUT2D eigenvalue weighted by Crippen LogP contribution is 2.27. The number of rotatable bonds is 7. The van der Waals surface area contributed by atoms with E-state index in [1.54, 1.807) is 6.07 Å². The van der Waals surface area contributed by atoms with E-state index in [1.165, 1.54) is 23.5 Å². The number of hydrogen-bond donors (Lipinski definition) is 2. The van der Waals surface area contributed by atoms with Gasteiger partial charge >= 0.3 is 0 Å². The lowest BCUT2D eigenvalue weighted by Crippen LogP contribution is -2.45. The lowest BCUT2D eigenvalue weighted by Gasteiger charge is -2.18. The molecule has 0 aliphatic rings. The Labute approximate surface area is 218 Å². The molecule has 172 valence electrons. The number of aromatic nitrogens is 2. The Morgan fingerprint density at radius 1 is 0.941 bits per heavy atom. The predicted octanol–water partition coefficient (Wildman–Crippen LogP) is 6.25. The maximum atomic E-state index is 13.2. The van der Waals surface area contributed by atoms with Gasteiger partial charge in [0.15, 0.2) is 0 Å². The minimum absolute atomic E-state index is 0.257. The van der Waals surface area contributed by atoms with Crippen molar-refractivity contribution >= 4 is 67.4 Å². The van der Waals surface area contributed by atoms with Crippen LogP contribution >= 0.6 is 50.5 Å². The predicted molar refractivity (Wildman–Crippen MR) is 140 cm³/mol. The number of carbonyl (C=O) groups excluding carboxylic acids is 2. The van der Waals surface area contributed by atoms with Crippen LogP contribution in [-0.2, 0) is 11.2 Å². The Morgan fingerprint density at radius 3 is 2.38 bits per heavy atom. The summed E-state index contributed by atoms with van der Waals surface area (Å²) >= 11 is 16.7. The molecule has 1 heterocycles. The number of anilines is 1. The van der Waals surface area contributed by atoms with Gasteiger partial charge in [0.05, 0.1) is 10.0 Å². The van der Waals surface area contributed by atoms with Gasteiger partial charge in [-0.3, -0.25) is 14.9 Å². The van der Waals surface area contributed by atoms with E-state index in [0.717, 1.165) is 15.6 Å². The second kappa shape index (κ2) is 11.1. The minimum Gasteiger partial charge on any atom is -0.340 e. The first-order valence-electron chi connectivity index (χ1n) is 10.1. The van der Waals surface area contributed by atoms with Crippen molar-refractivity contribution in [2.75, 3.05) is 5.32 Å². The van der Waals surface area contributed by atoms with E-state index in [-0.39, 0.29) is 11.4 Å². The molecular weight excluding hydrogens is 559 g/mol. The van der Waals surface area contributed by atoms with Gasteiger partial charge in [-0.2, -0.15) is 0 Å². The molecule has 6 nitrogen and oxygen atoms in total. The van der Waals surface area contributed by atoms with Crippen LogP contribution in [0.15, 0.2) is 77.3 Å². The van der Waals surface area contributed by atoms with Gasteiger partial charge in [-0.25, -0.2) is 0 Å². The first-order valence-corrected chi connectivity index (χ1v) is 12.5. The van der Waals surface area contributed by atoms with Crippen molar-refractivity contribution in [2.24, 2.45) is 0 Å². The molecule has 1 atom stereocenters. The highest BCUT2D eigenvalue weighted by Gasteiger charge is 2.24. The van der Waals surface area contributed by atoms with Crippen molar-refractivity contribution in [1.82, 2.24) is 15.5 Å². The zero-order valence-electron chi connectivity index (χ0n) is 17.5. The van der Waals surface area contributed by atoms with Gasteiger partial charge in [-0.1, -0.05) is 92.9 Å². The molecule has 0 bridgehead atoms. The fraction of sp³-hybridized carbons (Fsp3) is 0.0833. The van der Waals surface area contributed by atoms with Crippen LogP contribution in [0.4, 0.5) is 5.13 Å². The lowest BCUT2D eigenvalue weighted by molar-refractivity contribution is -0.118. The van der Waals surface area contributed by atoms with Gasteiger partial charge < -0.3 is 5.32 Å². The number of halogens is 3. The third kappa shape index (κ3) is 6.21. The molecule has 34 heavy (non-hydrogen) atoms. The van der Waals surface area contributed by atoms with Gasteiger partial charge in [0.1, 0.15) is 11.0 Å².